The van der Waals surface area contributed by atoms with Gasteiger partial charge in [0, 0.05) is 31.5 Å². The largest absolute Gasteiger partial charge is 0.573 e. The number of carbonyl (C=O) groups excluding carboxylic acids is 1. The van der Waals surface area contributed by atoms with Crippen molar-refractivity contribution in [1.29, 1.82) is 0 Å². The van der Waals surface area contributed by atoms with Crippen LogP contribution in [0.2, 0.25) is 0 Å². The van der Waals surface area contributed by atoms with Crippen LogP contribution in [-0.4, -0.2) is 49.7 Å². The maximum atomic E-state index is 12.8. The van der Waals surface area contributed by atoms with E-state index < -0.39 is 28.1 Å². The number of hydrogen-bond acceptors (Lipinski definition) is 6. The van der Waals surface area contributed by atoms with Crippen LogP contribution in [0.15, 0.2) is 53.7 Å². The second-order valence-corrected chi connectivity index (χ2v) is 9.27. The quantitative estimate of drug-likeness (QED) is 0.432. The second-order valence-electron chi connectivity index (χ2n) is 7.33. The van der Waals surface area contributed by atoms with Gasteiger partial charge in [0.05, 0.1) is 17.4 Å². The Morgan fingerprint density at radius 2 is 1.91 bits per heavy atom. The summed E-state index contributed by atoms with van der Waals surface area (Å²) in [5.41, 5.74) is 1.05. The predicted molar refractivity (Wildman–Crippen MR) is 108 cm³/mol. The third-order valence-corrected chi connectivity index (χ3v) is 6.94. The number of ether oxygens (including phenoxy) is 2. The van der Waals surface area contributed by atoms with Crippen LogP contribution in [0, 0.1) is 5.92 Å². The molecule has 1 aromatic heterocycles. The fraction of sp³-hybridized carbons (Fsp3) is 0.429. The van der Waals surface area contributed by atoms with Gasteiger partial charge < -0.3 is 9.47 Å². The number of esters is 1. The lowest BCUT2D eigenvalue weighted by Gasteiger charge is -2.30. The molecule has 2 aromatic rings. The summed E-state index contributed by atoms with van der Waals surface area (Å²) in [4.78, 5) is 16.0. The minimum atomic E-state index is -4.92. The van der Waals surface area contributed by atoms with Gasteiger partial charge in [-0.2, -0.15) is 4.31 Å². The van der Waals surface area contributed by atoms with Crippen LogP contribution >= 0.6 is 0 Å². The molecule has 1 aromatic carbocycles. The SMILES string of the molecule is O=C(OCCCc1cccnc1)C1CCN(S(=O)(=O)c2cccc(OC(F)(F)F)c2)CC1. The summed E-state index contributed by atoms with van der Waals surface area (Å²) >= 11 is 0. The van der Waals surface area contributed by atoms with Crippen LogP contribution in [0.1, 0.15) is 24.8 Å². The summed E-state index contributed by atoms with van der Waals surface area (Å²) < 4.78 is 73.1. The van der Waals surface area contributed by atoms with Crippen molar-refractivity contribution >= 4 is 16.0 Å². The number of sulfonamides is 1. The van der Waals surface area contributed by atoms with E-state index in [2.05, 4.69) is 9.72 Å². The number of alkyl halides is 3. The van der Waals surface area contributed by atoms with Crippen molar-refractivity contribution in [2.45, 2.75) is 36.9 Å². The number of rotatable bonds is 8. The number of halogens is 3. The second kappa shape index (κ2) is 10.3. The number of aryl methyl sites for hydroxylation is 1. The molecule has 0 atom stereocenters. The monoisotopic (exact) mass is 472 g/mol. The first-order valence-electron chi connectivity index (χ1n) is 10.1. The van der Waals surface area contributed by atoms with Crippen LogP contribution in [0.4, 0.5) is 13.2 Å². The van der Waals surface area contributed by atoms with Crippen LogP contribution in [0.3, 0.4) is 0 Å². The zero-order chi connectivity index (χ0) is 23.2. The Bertz CT molecular complexity index is 1010. The van der Waals surface area contributed by atoms with Gasteiger partial charge in [0.2, 0.25) is 10.0 Å². The van der Waals surface area contributed by atoms with Gasteiger partial charge in [-0.25, -0.2) is 8.42 Å². The van der Waals surface area contributed by atoms with E-state index in [-0.39, 0.29) is 43.4 Å². The van der Waals surface area contributed by atoms with Crippen molar-refractivity contribution < 1.29 is 35.9 Å². The van der Waals surface area contributed by atoms with E-state index in [4.69, 9.17) is 4.74 Å². The number of benzene rings is 1. The molecule has 1 aliphatic rings. The molecule has 1 aliphatic heterocycles. The zero-order valence-corrected chi connectivity index (χ0v) is 17.9. The molecular formula is C21H23F3N2O5S. The number of piperidine rings is 1. The third-order valence-electron chi connectivity index (χ3n) is 5.04. The Labute approximate surface area is 184 Å². The highest BCUT2D eigenvalue weighted by Gasteiger charge is 2.34. The molecule has 1 fully saturated rings. The lowest BCUT2D eigenvalue weighted by Crippen LogP contribution is -2.40. The molecule has 0 spiro atoms. The molecule has 0 N–H and O–H groups in total. The van der Waals surface area contributed by atoms with E-state index in [9.17, 15) is 26.4 Å². The molecule has 174 valence electrons. The molecule has 32 heavy (non-hydrogen) atoms. The molecule has 0 radical (unpaired) electrons. The topological polar surface area (TPSA) is 85.8 Å². The smallest absolute Gasteiger partial charge is 0.465 e. The Morgan fingerprint density at radius 1 is 1.16 bits per heavy atom. The van der Waals surface area contributed by atoms with Crippen molar-refractivity contribution in [3.8, 4) is 5.75 Å². The molecule has 0 unspecified atom stereocenters. The van der Waals surface area contributed by atoms with Crippen LogP contribution in [0.25, 0.3) is 0 Å². The maximum absolute atomic E-state index is 12.8. The van der Waals surface area contributed by atoms with Crippen molar-refractivity contribution in [2.75, 3.05) is 19.7 Å². The summed E-state index contributed by atoms with van der Waals surface area (Å²) in [5, 5.41) is 0. The predicted octanol–water partition coefficient (Wildman–Crippen LogP) is 3.56. The molecule has 2 heterocycles. The summed E-state index contributed by atoms with van der Waals surface area (Å²) in [5.74, 6) is -1.39. The first kappa shape index (κ1) is 24.0. The van der Waals surface area contributed by atoms with Crippen LogP contribution < -0.4 is 4.74 Å². The van der Waals surface area contributed by atoms with Gasteiger partial charge in [0.25, 0.3) is 0 Å². The molecule has 0 aliphatic carbocycles. The minimum absolute atomic E-state index is 0.0716. The maximum Gasteiger partial charge on any atom is 0.573 e. The highest BCUT2D eigenvalue weighted by molar-refractivity contribution is 7.89. The van der Waals surface area contributed by atoms with Gasteiger partial charge in [-0.15, -0.1) is 13.2 Å². The van der Waals surface area contributed by atoms with E-state index in [1.165, 1.54) is 12.1 Å². The molecule has 7 nitrogen and oxygen atoms in total. The summed E-state index contributed by atoms with van der Waals surface area (Å²) in [6.07, 6.45) is 0.458. The Kier molecular flexibility index (Phi) is 7.73. The van der Waals surface area contributed by atoms with E-state index in [1.54, 1.807) is 12.4 Å². The van der Waals surface area contributed by atoms with Gasteiger partial charge >= 0.3 is 12.3 Å². The van der Waals surface area contributed by atoms with Crippen molar-refractivity contribution in [3.05, 3.63) is 54.4 Å². The number of carbonyl (C=O) groups is 1. The number of nitrogens with zero attached hydrogens (tertiary/aromatic N) is 2. The first-order chi connectivity index (χ1) is 15.1. The third kappa shape index (κ3) is 6.67. The van der Waals surface area contributed by atoms with E-state index in [0.29, 0.717) is 6.42 Å². The summed E-state index contributed by atoms with van der Waals surface area (Å²) in [6, 6.07) is 8.04. The number of pyridine rings is 1. The van der Waals surface area contributed by atoms with Gasteiger partial charge in [0.15, 0.2) is 0 Å². The fourth-order valence-electron chi connectivity index (χ4n) is 3.43. The molecule has 1 saturated heterocycles. The number of hydrogen-bond donors (Lipinski definition) is 0. The lowest BCUT2D eigenvalue weighted by atomic mass is 9.98. The summed E-state index contributed by atoms with van der Waals surface area (Å²) in [6.45, 7) is 0.405. The average Bonchev–Trinajstić information content (AvgIpc) is 2.76. The normalized spacial score (nSPS) is 16.0. The minimum Gasteiger partial charge on any atom is -0.465 e. The lowest BCUT2D eigenvalue weighted by molar-refractivity contribution is -0.274. The molecule has 11 heteroatoms. The Balaban J connectivity index is 1.49. The standard InChI is InChI=1S/C21H23F3N2O5S/c22-21(23,24)31-18-6-1-7-19(14-18)32(28,29)26-11-8-17(9-12-26)20(27)30-13-3-5-16-4-2-10-25-15-16/h1-2,4,6-7,10,14-15,17H,3,5,8-9,11-13H2. The van der Waals surface area contributed by atoms with E-state index >= 15 is 0 Å². The zero-order valence-electron chi connectivity index (χ0n) is 17.1. The van der Waals surface area contributed by atoms with Crippen LogP contribution in [-0.2, 0) is 26.0 Å². The highest BCUT2D eigenvalue weighted by atomic mass is 32.2. The average molecular weight is 472 g/mol. The van der Waals surface area contributed by atoms with Crippen molar-refractivity contribution in [3.63, 3.8) is 0 Å². The van der Waals surface area contributed by atoms with Crippen LogP contribution in [0.5, 0.6) is 5.75 Å². The molecule has 0 saturated carbocycles. The van der Waals surface area contributed by atoms with Gasteiger partial charge in [-0.05, 0) is 49.4 Å². The highest BCUT2D eigenvalue weighted by Crippen LogP contribution is 2.28. The van der Waals surface area contributed by atoms with Gasteiger partial charge in [-0.1, -0.05) is 12.1 Å². The number of aromatic nitrogens is 1. The van der Waals surface area contributed by atoms with Gasteiger partial charge in [0.1, 0.15) is 5.75 Å². The fourth-order valence-corrected chi connectivity index (χ4v) is 4.93. The first-order valence-corrected chi connectivity index (χ1v) is 11.5. The summed E-state index contributed by atoms with van der Waals surface area (Å²) in [7, 11) is -4.01. The molecule has 0 bridgehead atoms. The Hall–Kier alpha value is -2.66. The van der Waals surface area contributed by atoms with Gasteiger partial charge in [-0.3, -0.25) is 9.78 Å². The molecule has 0 amide bonds. The van der Waals surface area contributed by atoms with Crippen molar-refractivity contribution in [1.82, 2.24) is 9.29 Å². The van der Waals surface area contributed by atoms with E-state index in [0.717, 1.165) is 28.4 Å². The molecule has 3 rings (SSSR count). The Morgan fingerprint density at radius 3 is 2.56 bits per heavy atom. The molecular weight excluding hydrogens is 449 g/mol. The van der Waals surface area contributed by atoms with Crippen molar-refractivity contribution in [2.24, 2.45) is 5.92 Å². The van der Waals surface area contributed by atoms with E-state index in [1.807, 2.05) is 12.1 Å².